The highest BCUT2D eigenvalue weighted by atomic mass is 127. The highest BCUT2D eigenvalue weighted by Crippen LogP contribution is 2.28. The molecular weight excluding hydrogens is 296 g/mol. The van der Waals surface area contributed by atoms with Gasteiger partial charge in [-0.1, -0.05) is 0 Å². The van der Waals surface area contributed by atoms with E-state index in [0.29, 0.717) is 9.13 Å². The van der Waals surface area contributed by atoms with Crippen LogP contribution in [0.25, 0.3) is 0 Å². The number of alkyl halides is 3. The summed E-state index contributed by atoms with van der Waals surface area (Å²) in [5.74, 6) is 0. The Labute approximate surface area is 86.5 Å². The van der Waals surface area contributed by atoms with Gasteiger partial charge in [0.05, 0.1) is 0 Å². The Morgan fingerprint density at radius 2 is 2.08 bits per heavy atom. The fourth-order valence-electron chi connectivity index (χ4n) is 0.764. The number of hydrogen-bond donors (Lipinski definition) is 1. The van der Waals surface area contributed by atoms with E-state index in [1.54, 1.807) is 22.6 Å². The Morgan fingerprint density at radius 3 is 2.46 bits per heavy atom. The molecule has 0 aliphatic rings. The van der Waals surface area contributed by atoms with Gasteiger partial charge in [0, 0.05) is 16.3 Å². The maximum absolute atomic E-state index is 12.1. The van der Waals surface area contributed by atoms with Crippen LogP contribution in [0.4, 0.5) is 13.2 Å². The van der Waals surface area contributed by atoms with Crippen LogP contribution in [0, 0.1) is 3.57 Å². The normalized spacial score (nSPS) is 11.8. The first-order chi connectivity index (χ1) is 5.95. The second-order valence-corrected chi connectivity index (χ2v) is 3.53. The fraction of sp³-hybridized carbons (Fsp3) is 0.286. The van der Waals surface area contributed by atoms with Crippen LogP contribution in [0.3, 0.4) is 0 Å². The summed E-state index contributed by atoms with van der Waals surface area (Å²) < 4.78 is 36.8. The molecule has 2 nitrogen and oxygen atoms in total. The minimum Gasteiger partial charge on any atom is -0.326 e. The zero-order valence-corrected chi connectivity index (χ0v) is 8.56. The zero-order chi connectivity index (χ0) is 10.1. The minimum absolute atomic E-state index is 0.198. The van der Waals surface area contributed by atoms with Crippen LogP contribution >= 0.6 is 22.6 Å². The van der Waals surface area contributed by atoms with Crippen molar-refractivity contribution in [2.24, 2.45) is 5.73 Å². The lowest BCUT2D eigenvalue weighted by Gasteiger charge is -2.07. The fourth-order valence-corrected chi connectivity index (χ4v) is 1.42. The molecule has 0 fully saturated rings. The van der Waals surface area contributed by atoms with Gasteiger partial charge in [0.1, 0.15) is 5.69 Å². The van der Waals surface area contributed by atoms with Gasteiger partial charge in [-0.3, -0.25) is 4.98 Å². The highest BCUT2D eigenvalue weighted by Gasteiger charge is 2.32. The molecule has 0 aromatic carbocycles. The Kier molecular flexibility index (Phi) is 3.12. The Morgan fingerprint density at radius 1 is 1.46 bits per heavy atom. The predicted molar refractivity (Wildman–Crippen MR) is 49.8 cm³/mol. The molecule has 1 aromatic heterocycles. The molecule has 0 unspecified atom stereocenters. The van der Waals surface area contributed by atoms with Gasteiger partial charge in [-0.2, -0.15) is 13.2 Å². The maximum Gasteiger partial charge on any atom is 0.433 e. The summed E-state index contributed by atoms with van der Waals surface area (Å²) in [6, 6.07) is 0.989. The van der Waals surface area contributed by atoms with Gasteiger partial charge in [-0.05, 0) is 34.2 Å². The molecule has 13 heavy (non-hydrogen) atoms. The van der Waals surface area contributed by atoms with Gasteiger partial charge in [-0.15, -0.1) is 0 Å². The van der Waals surface area contributed by atoms with Crippen LogP contribution in [-0.2, 0) is 12.7 Å². The summed E-state index contributed by atoms with van der Waals surface area (Å²) in [5, 5.41) is 0. The molecule has 0 bridgehead atoms. The van der Waals surface area contributed by atoms with Crippen molar-refractivity contribution in [2.45, 2.75) is 12.7 Å². The smallest absolute Gasteiger partial charge is 0.326 e. The molecule has 0 amide bonds. The van der Waals surface area contributed by atoms with E-state index < -0.39 is 11.9 Å². The molecule has 0 spiro atoms. The van der Waals surface area contributed by atoms with Crippen molar-refractivity contribution in [3.63, 3.8) is 0 Å². The largest absolute Gasteiger partial charge is 0.433 e. The molecular formula is C7H6F3IN2. The standard InChI is InChI=1S/C7H6F3IN2/c8-7(9,10)6-1-5(11)4(2-12)3-13-6/h1,3H,2,12H2. The second-order valence-electron chi connectivity index (χ2n) is 2.36. The first kappa shape index (κ1) is 10.7. The molecule has 72 valence electrons. The number of hydrogen-bond acceptors (Lipinski definition) is 2. The quantitative estimate of drug-likeness (QED) is 0.808. The molecule has 1 heterocycles. The molecule has 0 aliphatic heterocycles. The first-order valence-corrected chi connectivity index (χ1v) is 4.44. The van der Waals surface area contributed by atoms with Crippen molar-refractivity contribution in [2.75, 3.05) is 0 Å². The number of aromatic nitrogens is 1. The van der Waals surface area contributed by atoms with Crippen LogP contribution in [0.2, 0.25) is 0 Å². The Bertz CT molecular complexity index is 311. The number of rotatable bonds is 1. The van der Waals surface area contributed by atoms with Crippen molar-refractivity contribution >= 4 is 22.6 Å². The Hall–Kier alpha value is -0.370. The van der Waals surface area contributed by atoms with E-state index >= 15 is 0 Å². The van der Waals surface area contributed by atoms with Crippen molar-refractivity contribution in [1.29, 1.82) is 0 Å². The topological polar surface area (TPSA) is 38.9 Å². The van der Waals surface area contributed by atoms with E-state index in [9.17, 15) is 13.2 Å². The predicted octanol–water partition coefficient (Wildman–Crippen LogP) is 2.16. The van der Waals surface area contributed by atoms with Crippen molar-refractivity contribution in [3.8, 4) is 0 Å². The van der Waals surface area contributed by atoms with E-state index in [1.165, 1.54) is 0 Å². The van der Waals surface area contributed by atoms with Gasteiger partial charge in [0.2, 0.25) is 0 Å². The average Bonchev–Trinajstić information content (AvgIpc) is 2.02. The maximum atomic E-state index is 12.1. The van der Waals surface area contributed by atoms with Gasteiger partial charge >= 0.3 is 6.18 Å². The lowest BCUT2D eigenvalue weighted by molar-refractivity contribution is -0.141. The third-order valence-electron chi connectivity index (χ3n) is 1.44. The van der Waals surface area contributed by atoms with Crippen LogP contribution in [0.15, 0.2) is 12.3 Å². The van der Waals surface area contributed by atoms with Crippen LogP contribution in [-0.4, -0.2) is 4.98 Å². The van der Waals surface area contributed by atoms with Crippen molar-refractivity contribution in [1.82, 2.24) is 4.98 Å². The van der Waals surface area contributed by atoms with E-state index in [0.717, 1.165) is 12.3 Å². The van der Waals surface area contributed by atoms with Gasteiger partial charge in [0.25, 0.3) is 0 Å². The average molecular weight is 302 g/mol. The number of nitrogens with two attached hydrogens (primary N) is 1. The molecule has 1 aromatic rings. The lowest BCUT2D eigenvalue weighted by atomic mass is 10.2. The molecule has 0 saturated carbocycles. The lowest BCUT2D eigenvalue weighted by Crippen LogP contribution is -2.10. The van der Waals surface area contributed by atoms with Gasteiger partial charge in [0.15, 0.2) is 0 Å². The van der Waals surface area contributed by atoms with E-state index in [4.69, 9.17) is 5.73 Å². The van der Waals surface area contributed by atoms with Gasteiger partial charge < -0.3 is 5.73 Å². The van der Waals surface area contributed by atoms with Crippen LogP contribution in [0.5, 0.6) is 0 Å². The highest BCUT2D eigenvalue weighted by molar-refractivity contribution is 14.1. The number of halogens is 4. The molecule has 1 rings (SSSR count). The molecule has 0 aliphatic carbocycles. The summed E-state index contributed by atoms with van der Waals surface area (Å²) in [5.41, 5.74) is 5.02. The van der Waals surface area contributed by atoms with Gasteiger partial charge in [-0.25, -0.2) is 0 Å². The molecule has 0 radical (unpaired) electrons. The molecule has 0 atom stereocenters. The summed E-state index contributed by atoms with van der Waals surface area (Å²) in [4.78, 5) is 3.27. The van der Waals surface area contributed by atoms with Crippen LogP contribution in [0.1, 0.15) is 11.3 Å². The molecule has 6 heteroatoms. The second kappa shape index (κ2) is 3.79. The number of nitrogens with zero attached hydrogens (tertiary/aromatic N) is 1. The summed E-state index contributed by atoms with van der Waals surface area (Å²) >= 11 is 1.81. The van der Waals surface area contributed by atoms with Crippen molar-refractivity contribution < 1.29 is 13.2 Å². The minimum atomic E-state index is -4.38. The zero-order valence-electron chi connectivity index (χ0n) is 6.40. The van der Waals surface area contributed by atoms with E-state index in [2.05, 4.69) is 4.98 Å². The third kappa shape index (κ3) is 2.53. The van der Waals surface area contributed by atoms with Crippen LogP contribution < -0.4 is 5.73 Å². The first-order valence-electron chi connectivity index (χ1n) is 3.37. The molecule has 2 N–H and O–H groups in total. The van der Waals surface area contributed by atoms with E-state index in [1.807, 2.05) is 0 Å². The molecule has 0 saturated heterocycles. The Balaban J connectivity index is 3.10. The summed E-state index contributed by atoms with van der Waals surface area (Å²) in [6.45, 7) is 0.198. The SMILES string of the molecule is NCc1cnc(C(F)(F)F)cc1I. The summed E-state index contributed by atoms with van der Waals surface area (Å²) in [6.07, 6.45) is -3.22. The third-order valence-corrected chi connectivity index (χ3v) is 2.44. The number of pyridine rings is 1. The van der Waals surface area contributed by atoms with Crippen molar-refractivity contribution in [3.05, 3.63) is 27.1 Å². The summed E-state index contributed by atoms with van der Waals surface area (Å²) in [7, 11) is 0. The van der Waals surface area contributed by atoms with E-state index in [-0.39, 0.29) is 6.54 Å². The monoisotopic (exact) mass is 302 g/mol.